The summed E-state index contributed by atoms with van der Waals surface area (Å²) in [7, 11) is -3.21. The summed E-state index contributed by atoms with van der Waals surface area (Å²) in [5.74, 6) is 0.209. The van der Waals surface area contributed by atoms with E-state index in [0.717, 1.165) is 5.56 Å². The van der Waals surface area contributed by atoms with Crippen LogP contribution in [0.1, 0.15) is 37.1 Å². The number of H-pyrrole nitrogens is 1. The Morgan fingerprint density at radius 1 is 1.21 bits per heavy atom. The van der Waals surface area contributed by atoms with E-state index >= 15 is 0 Å². The molecule has 1 fully saturated rings. The number of nitrogens with one attached hydrogen (secondary N) is 1. The van der Waals surface area contributed by atoms with Crippen LogP contribution in [0.2, 0.25) is 0 Å². The molecule has 9 nitrogen and oxygen atoms in total. The number of sulfonamides is 1. The van der Waals surface area contributed by atoms with Crippen LogP contribution < -0.4 is 5.56 Å². The summed E-state index contributed by atoms with van der Waals surface area (Å²) in [5.41, 5.74) is 0.928. The van der Waals surface area contributed by atoms with Gasteiger partial charge in [0.1, 0.15) is 11.6 Å². The maximum absolute atomic E-state index is 13.1. The predicted molar refractivity (Wildman–Crippen MR) is 104 cm³/mol. The van der Waals surface area contributed by atoms with Crippen LogP contribution >= 0.6 is 0 Å². The molecule has 3 aromatic rings. The molecule has 0 amide bonds. The molecule has 0 atom stereocenters. The molecule has 2 aromatic heterocycles. The van der Waals surface area contributed by atoms with Gasteiger partial charge in [-0.2, -0.15) is 0 Å². The van der Waals surface area contributed by atoms with Crippen molar-refractivity contribution >= 4 is 21.2 Å². The predicted octanol–water partition coefficient (Wildman–Crippen LogP) is 1.23. The average molecular weight is 420 g/mol. The number of aromatic nitrogens is 5. The van der Waals surface area contributed by atoms with Gasteiger partial charge >= 0.3 is 0 Å². The molecule has 29 heavy (non-hydrogen) atoms. The van der Waals surface area contributed by atoms with Crippen molar-refractivity contribution in [2.75, 3.05) is 18.8 Å². The third kappa shape index (κ3) is 3.92. The van der Waals surface area contributed by atoms with E-state index in [1.165, 1.54) is 21.1 Å². The van der Waals surface area contributed by atoms with Crippen molar-refractivity contribution in [1.29, 1.82) is 0 Å². The zero-order valence-corrected chi connectivity index (χ0v) is 16.7. The SMILES string of the molecule is CCS(=O)(=O)N1CCC(c2nc3c(nnn3Cc3ccc(F)cc3)c(=O)[nH]2)CC1. The Balaban J connectivity index is 1.60. The highest BCUT2D eigenvalue weighted by molar-refractivity contribution is 7.89. The fraction of sp³-hybridized carbons (Fsp3) is 0.444. The lowest BCUT2D eigenvalue weighted by molar-refractivity contribution is 0.314. The Bertz CT molecular complexity index is 1180. The third-order valence-corrected chi connectivity index (χ3v) is 7.12. The van der Waals surface area contributed by atoms with Crippen molar-refractivity contribution in [3.63, 3.8) is 0 Å². The number of hydrogen-bond donors (Lipinski definition) is 1. The molecule has 4 rings (SSSR count). The van der Waals surface area contributed by atoms with Crippen LogP contribution in [0, 0.1) is 5.82 Å². The van der Waals surface area contributed by atoms with Crippen LogP contribution in [0.5, 0.6) is 0 Å². The highest BCUT2D eigenvalue weighted by atomic mass is 32.2. The minimum Gasteiger partial charge on any atom is -0.308 e. The largest absolute Gasteiger partial charge is 0.308 e. The van der Waals surface area contributed by atoms with Crippen molar-refractivity contribution in [3.8, 4) is 0 Å². The van der Waals surface area contributed by atoms with Gasteiger partial charge in [0.15, 0.2) is 11.2 Å². The molecule has 1 aromatic carbocycles. The van der Waals surface area contributed by atoms with E-state index < -0.39 is 10.0 Å². The molecular weight excluding hydrogens is 399 g/mol. The first-order valence-electron chi connectivity index (χ1n) is 9.43. The topological polar surface area (TPSA) is 114 Å². The van der Waals surface area contributed by atoms with E-state index in [2.05, 4.69) is 20.3 Å². The molecule has 0 bridgehead atoms. The average Bonchev–Trinajstić information content (AvgIpc) is 3.13. The molecule has 0 unspecified atom stereocenters. The Morgan fingerprint density at radius 2 is 1.90 bits per heavy atom. The summed E-state index contributed by atoms with van der Waals surface area (Å²) < 4.78 is 40.2. The molecule has 1 saturated heterocycles. The Morgan fingerprint density at radius 3 is 2.55 bits per heavy atom. The van der Waals surface area contributed by atoms with Crippen molar-refractivity contribution in [2.24, 2.45) is 0 Å². The van der Waals surface area contributed by atoms with Gasteiger partial charge in [-0.3, -0.25) is 4.79 Å². The van der Waals surface area contributed by atoms with E-state index in [9.17, 15) is 17.6 Å². The van der Waals surface area contributed by atoms with Gasteiger partial charge in [-0.15, -0.1) is 5.10 Å². The fourth-order valence-corrected chi connectivity index (χ4v) is 4.67. The number of benzene rings is 1. The third-order valence-electron chi connectivity index (χ3n) is 5.24. The number of halogens is 1. The minimum atomic E-state index is -3.21. The molecule has 0 aliphatic carbocycles. The van der Waals surface area contributed by atoms with Gasteiger partial charge in [-0.25, -0.2) is 26.8 Å². The van der Waals surface area contributed by atoms with Gasteiger partial charge in [-0.05, 0) is 37.5 Å². The lowest BCUT2D eigenvalue weighted by Gasteiger charge is -2.30. The standard InChI is InChI=1S/C18H21FN6O3S/c1-2-29(27,28)24-9-7-13(8-10-24)16-20-17-15(18(26)21-16)22-23-25(17)11-12-3-5-14(19)6-4-12/h3-6,13H,2,7-11H2,1H3,(H,20,21,26). The van der Waals surface area contributed by atoms with E-state index in [0.29, 0.717) is 43.9 Å². The quantitative estimate of drug-likeness (QED) is 0.664. The second-order valence-electron chi connectivity index (χ2n) is 7.07. The van der Waals surface area contributed by atoms with Gasteiger partial charge in [0.25, 0.3) is 5.56 Å². The monoisotopic (exact) mass is 420 g/mol. The molecule has 0 radical (unpaired) electrons. The molecule has 154 valence electrons. The lowest BCUT2D eigenvalue weighted by Crippen LogP contribution is -2.39. The smallest absolute Gasteiger partial charge is 0.281 e. The lowest BCUT2D eigenvalue weighted by atomic mass is 9.97. The van der Waals surface area contributed by atoms with Crippen LogP contribution in [0.25, 0.3) is 11.2 Å². The highest BCUT2D eigenvalue weighted by Gasteiger charge is 2.29. The van der Waals surface area contributed by atoms with Crippen LogP contribution in [0.3, 0.4) is 0 Å². The second-order valence-corrected chi connectivity index (χ2v) is 9.33. The molecular formula is C18H21FN6O3S. The second kappa shape index (κ2) is 7.64. The number of rotatable bonds is 5. The number of aromatic amines is 1. The van der Waals surface area contributed by atoms with E-state index in [1.807, 2.05) is 0 Å². The first kappa shape index (κ1) is 19.6. The molecule has 1 aliphatic rings. The first-order valence-corrected chi connectivity index (χ1v) is 11.0. The van der Waals surface area contributed by atoms with Crippen LogP contribution in [0.15, 0.2) is 29.1 Å². The Kier molecular flexibility index (Phi) is 5.17. The molecule has 11 heteroatoms. The summed E-state index contributed by atoms with van der Waals surface area (Å²) >= 11 is 0. The van der Waals surface area contributed by atoms with Crippen LogP contribution in [0.4, 0.5) is 4.39 Å². The number of hydrogen-bond acceptors (Lipinski definition) is 6. The Hall–Kier alpha value is -2.66. The summed E-state index contributed by atoms with van der Waals surface area (Å²) in [6.45, 7) is 2.73. The Labute approximate surface area is 166 Å². The number of fused-ring (bicyclic) bond motifs is 1. The van der Waals surface area contributed by atoms with Crippen LogP contribution in [-0.2, 0) is 16.6 Å². The normalized spacial score (nSPS) is 16.5. The van der Waals surface area contributed by atoms with Crippen molar-refractivity contribution < 1.29 is 12.8 Å². The van der Waals surface area contributed by atoms with Crippen molar-refractivity contribution in [2.45, 2.75) is 32.2 Å². The van der Waals surface area contributed by atoms with Crippen molar-refractivity contribution in [3.05, 3.63) is 51.8 Å². The van der Waals surface area contributed by atoms with Gasteiger partial charge in [0.2, 0.25) is 10.0 Å². The van der Waals surface area contributed by atoms with E-state index in [-0.39, 0.29) is 28.6 Å². The van der Waals surface area contributed by atoms with Gasteiger partial charge < -0.3 is 4.98 Å². The molecule has 3 heterocycles. The van der Waals surface area contributed by atoms with E-state index in [4.69, 9.17) is 0 Å². The minimum absolute atomic E-state index is 0.0513. The fourth-order valence-electron chi connectivity index (χ4n) is 3.54. The molecule has 1 aliphatic heterocycles. The van der Waals surface area contributed by atoms with Gasteiger partial charge in [0.05, 0.1) is 12.3 Å². The first-order chi connectivity index (χ1) is 13.9. The highest BCUT2D eigenvalue weighted by Crippen LogP contribution is 2.27. The summed E-state index contributed by atoms with van der Waals surface area (Å²) in [6.07, 6.45) is 1.15. The number of piperidine rings is 1. The molecule has 1 N–H and O–H groups in total. The zero-order chi connectivity index (χ0) is 20.6. The number of nitrogens with zero attached hydrogens (tertiary/aromatic N) is 5. The van der Waals surface area contributed by atoms with Crippen molar-refractivity contribution in [1.82, 2.24) is 29.3 Å². The van der Waals surface area contributed by atoms with E-state index in [1.54, 1.807) is 19.1 Å². The summed E-state index contributed by atoms with van der Waals surface area (Å²) in [6, 6.07) is 6.00. The summed E-state index contributed by atoms with van der Waals surface area (Å²) in [4.78, 5) is 19.8. The van der Waals surface area contributed by atoms with Gasteiger partial charge in [-0.1, -0.05) is 17.3 Å². The van der Waals surface area contributed by atoms with Gasteiger partial charge in [0, 0.05) is 19.0 Å². The molecule has 0 saturated carbocycles. The maximum atomic E-state index is 13.1. The maximum Gasteiger partial charge on any atom is 0.281 e. The zero-order valence-electron chi connectivity index (χ0n) is 15.9. The van der Waals surface area contributed by atoms with Crippen LogP contribution in [-0.4, -0.2) is 56.5 Å². The molecule has 0 spiro atoms. The summed E-state index contributed by atoms with van der Waals surface area (Å²) in [5, 5.41) is 7.94.